The molecule has 4 heteroatoms. The van der Waals surface area contributed by atoms with E-state index < -0.39 is 0 Å². The molecule has 2 saturated carbocycles. The number of nitrogens with zero attached hydrogens (tertiary/aromatic N) is 3. The average Bonchev–Trinajstić information content (AvgIpc) is 3.29. The first kappa shape index (κ1) is 15.2. The molecule has 1 saturated heterocycles. The number of carbonyl (C=O) groups excluding carboxylic acids is 1. The Morgan fingerprint density at radius 1 is 1.30 bits per heavy atom. The Hall–Kier alpha value is -1.32. The lowest BCUT2D eigenvalue weighted by Gasteiger charge is -2.30. The summed E-state index contributed by atoms with van der Waals surface area (Å²) in [7, 11) is 1.93. The largest absolute Gasteiger partial charge is 0.340 e. The van der Waals surface area contributed by atoms with E-state index in [0.29, 0.717) is 18.4 Å². The second kappa shape index (κ2) is 6.29. The van der Waals surface area contributed by atoms with Crippen molar-refractivity contribution in [1.82, 2.24) is 14.7 Å². The van der Waals surface area contributed by atoms with E-state index in [2.05, 4.69) is 10.00 Å². The molecular formula is C19H29N3O. The molecule has 3 fully saturated rings. The van der Waals surface area contributed by atoms with Gasteiger partial charge in [-0.25, -0.2) is 0 Å². The van der Waals surface area contributed by atoms with Crippen molar-refractivity contribution < 1.29 is 4.79 Å². The summed E-state index contributed by atoms with van der Waals surface area (Å²) in [4.78, 5) is 14.9. The van der Waals surface area contributed by atoms with Crippen molar-refractivity contribution in [3.05, 3.63) is 18.0 Å². The van der Waals surface area contributed by atoms with Gasteiger partial charge in [0.2, 0.25) is 5.91 Å². The second-order valence-electron chi connectivity index (χ2n) is 8.08. The van der Waals surface area contributed by atoms with Gasteiger partial charge in [0, 0.05) is 32.3 Å². The molecule has 4 atom stereocenters. The van der Waals surface area contributed by atoms with Gasteiger partial charge < -0.3 is 4.90 Å². The Bertz CT molecular complexity index is 567. The fourth-order valence-electron chi connectivity index (χ4n) is 5.42. The predicted molar refractivity (Wildman–Crippen MR) is 89.8 cm³/mol. The maximum atomic E-state index is 12.7. The molecule has 0 spiro atoms. The van der Waals surface area contributed by atoms with Crippen LogP contribution in [0.25, 0.3) is 0 Å². The van der Waals surface area contributed by atoms with Crippen molar-refractivity contribution in [1.29, 1.82) is 0 Å². The molecule has 1 aliphatic heterocycles. The monoisotopic (exact) mass is 315 g/mol. The highest BCUT2D eigenvalue weighted by atomic mass is 16.2. The molecule has 23 heavy (non-hydrogen) atoms. The first-order chi connectivity index (χ1) is 11.2. The van der Waals surface area contributed by atoms with Crippen molar-refractivity contribution in [3.63, 3.8) is 0 Å². The summed E-state index contributed by atoms with van der Waals surface area (Å²) < 4.78 is 1.81. The Morgan fingerprint density at radius 2 is 2.22 bits per heavy atom. The van der Waals surface area contributed by atoms with Gasteiger partial charge in [-0.15, -0.1) is 0 Å². The number of carbonyl (C=O) groups is 1. The quantitative estimate of drug-likeness (QED) is 0.837. The highest BCUT2D eigenvalue weighted by Gasteiger charge is 2.41. The van der Waals surface area contributed by atoms with Gasteiger partial charge in [-0.3, -0.25) is 9.48 Å². The number of amides is 1. The van der Waals surface area contributed by atoms with Crippen LogP contribution in [-0.4, -0.2) is 33.2 Å². The molecule has 3 aliphatic rings. The lowest BCUT2D eigenvalue weighted by molar-refractivity contribution is -0.132. The van der Waals surface area contributed by atoms with Crippen molar-refractivity contribution in [2.24, 2.45) is 24.8 Å². The first-order valence-corrected chi connectivity index (χ1v) is 9.46. The van der Waals surface area contributed by atoms with Crippen LogP contribution in [0, 0.1) is 17.8 Å². The van der Waals surface area contributed by atoms with Gasteiger partial charge in [-0.05, 0) is 68.3 Å². The highest BCUT2D eigenvalue weighted by molar-refractivity contribution is 5.77. The molecule has 1 aromatic rings. The summed E-state index contributed by atoms with van der Waals surface area (Å²) in [6.45, 7) is 0.983. The van der Waals surface area contributed by atoms with Crippen molar-refractivity contribution in [2.75, 3.05) is 6.54 Å². The highest BCUT2D eigenvalue weighted by Crippen LogP contribution is 2.50. The Morgan fingerprint density at radius 3 is 2.91 bits per heavy atom. The van der Waals surface area contributed by atoms with Crippen LogP contribution < -0.4 is 0 Å². The minimum absolute atomic E-state index is 0.361. The van der Waals surface area contributed by atoms with E-state index in [9.17, 15) is 4.79 Å². The minimum Gasteiger partial charge on any atom is -0.340 e. The minimum atomic E-state index is 0.361. The number of likely N-dealkylation sites (tertiary alicyclic amines) is 1. The van der Waals surface area contributed by atoms with E-state index >= 15 is 0 Å². The zero-order valence-corrected chi connectivity index (χ0v) is 14.3. The van der Waals surface area contributed by atoms with Crippen LogP contribution in [0.5, 0.6) is 0 Å². The standard InChI is InChI=1S/C19H29N3O/c1-21-13-15(12-20-21)5-7-19(23)22-8-2-3-18(22)11-17-10-14-4-6-16(17)9-14/h12-14,16-18H,2-11H2,1H3/t14-,16-,17+,18+/m0/s1. The fraction of sp³-hybridized carbons (Fsp3) is 0.789. The molecule has 0 aromatic carbocycles. The van der Waals surface area contributed by atoms with E-state index in [1.165, 1.54) is 50.5 Å². The number of hydrogen-bond acceptors (Lipinski definition) is 2. The van der Waals surface area contributed by atoms with Crippen LogP contribution in [0.1, 0.15) is 56.9 Å². The average molecular weight is 315 g/mol. The van der Waals surface area contributed by atoms with Crippen LogP contribution in [-0.2, 0) is 18.3 Å². The van der Waals surface area contributed by atoms with Crippen LogP contribution in [0.2, 0.25) is 0 Å². The number of rotatable bonds is 5. The van der Waals surface area contributed by atoms with Gasteiger partial charge in [-0.2, -0.15) is 5.10 Å². The maximum Gasteiger partial charge on any atom is 0.223 e. The predicted octanol–water partition coefficient (Wildman–Crippen LogP) is 3.17. The molecule has 0 N–H and O–H groups in total. The molecule has 0 unspecified atom stereocenters. The summed E-state index contributed by atoms with van der Waals surface area (Å²) in [5.74, 6) is 3.26. The summed E-state index contributed by atoms with van der Waals surface area (Å²) >= 11 is 0. The summed E-state index contributed by atoms with van der Waals surface area (Å²) in [5, 5.41) is 4.19. The van der Waals surface area contributed by atoms with E-state index in [0.717, 1.165) is 30.7 Å². The Balaban J connectivity index is 1.31. The summed E-state index contributed by atoms with van der Waals surface area (Å²) in [6, 6.07) is 0.528. The molecule has 2 aliphatic carbocycles. The summed E-state index contributed by atoms with van der Waals surface area (Å²) in [6.07, 6.45) is 14.9. The van der Waals surface area contributed by atoms with Crippen molar-refractivity contribution in [2.45, 2.75) is 63.8 Å². The zero-order valence-electron chi connectivity index (χ0n) is 14.3. The number of hydrogen-bond donors (Lipinski definition) is 0. The summed E-state index contributed by atoms with van der Waals surface area (Å²) in [5.41, 5.74) is 1.17. The van der Waals surface area contributed by atoms with E-state index in [1.54, 1.807) is 0 Å². The van der Waals surface area contributed by atoms with Crippen LogP contribution in [0.15, 0.2) is 12.4 Å². The zero-order chi connectivity index (χ0) is 15.8. The third-order valence-corrected chi connectivity index (χ3v) is 6.54. The molecular weight excluding hydrogens is 286 g/mol. The van der Waals surface area contributed by atoms with Gasteiger partial charge in [0.25, 0.3) is 0 Å². The topological polar surface area (TPSA) is 38.1 Å². The molecule has 4 rings (SSSR count). The Labute approximate surface area is 139 Å². The molecule has 2 heterocycles. The van der Waals surface area contributed by atoms with Gasteiger partial charge in [0.1, 0.15) is 0 Å². The normalized spacial score (nSPS) is 32.8. The smallest absolute Gasteiger partial charge is 0.223 e. The van der Waals surface area contributed by atoms with E-state index in [1.807, 2.05) is 24.1 Å². The van der Waals surface area contributed by atoms with Crippen LogP contribution in [0.3, 0.4) is 0 Å². The number of fused-ring (bicyclic) bond motifs is 2. The van der Waals surface area contributed by atoms with Crippen LogP contribution in [0.4, 0.5) is 0 Å². The van der Waals surface area contributed by atoms with Gasteiger partial charge in [0.05, 0.1) is 6.20 Å². The molecule has 1 amide bonds. The molecule has 4 nitrogen and oxygen atoms in total. The van der Waals surface area contributed by atoms with Gasteiger partial charge in [0.15, 0.2) is 0 Å². The Kier molecular flexibility index (Phi) is 4.16. The SMILES string of the molecule is Cn1cc(CCC(=O)N2CCC[C@@H]2C[C@H]2C[C@H]3CC[C@H]2C3)cn1. The van der Waals surface area contributed by atoms with Crippen molar-refractivity contribution in [3.8, 4) is 0 Å². The molecule has 2 bridgehead atoms. The molecule has 0 radical (unpaired) electrons. The lowest BCUT2D eigenvalue weighted by atomic mass is 9.83. The van der Waals surface area contributed by atoms with Crippen LogP contribution >= 0.6 is 0 Å². The van der Waals surface area contributed by atoms with Gasteiger partial charge in [-0.1, -0.05) is 6.42 Å². The second-order valence-corrected chi connectivity index (χ2v) is 8.08. The van der Waals surface area contributed by atoms with E-state index in [-0.39, 0.29) is 0 Å². The first-order valence-electron chi connectivity index (χ1n) is 9.46. The third kappa shape index (κ3) is 3.17. The van der Waals surface area contributed by atoms with E-state index in [4.69, 9.17) is 0 Å². The van der Waals surface area contributed by atoms with Gasteiger partial charge >= 0.3 is 0 Å². The third-order valence-electron chi connectivity index (χ3n) is 6.54. The molecule has 1 aromatic heterocycles. The number of aryl methyl sites for hydroxylation is 2. The fourth-order valence-corrected chi connectivity index (χ4v) is 5.42. The lowest BCUT2D eigenvalue weighted by Crippen LogP contribution is -2.37. The van der Waals surface area contributed by atoms with Crippen molar-refractivity contribution >= 4 is 5.91 Å². The maximum absolute atomic E-state index is 12.7. The molecule has 126 valence electrons. The number of aromatic nitrogens is 2.